The van der Waals surface area contributed by atoms with Crippen molar-refractivity contribution < 1.29 is 18.8 Å². The highest BCUT2D eigenvalue weighted by Gasteiger charge is 2.48. The molecule has 108 valence electrons. The SMILES string of the molecule is COC(=N)[N+](C)(C(=O)Nc1ccccc1)C(=O)N(C)C. The fourth-order valence-corrected chi connectivity index (χ4v) is 1.61. The number of ether oxygens (including phenoxy) is 1. The molecular formula is C13H19N4O3+. The minimum absolute atomic E-state index is 0.461. The molecule has 1 unspecified atom stereocenters. The molecule has 0 saturated heterocycles. The van der Waals surface area contributed by atoms with E-state index in [2.05, 4.69) is 5.32 Å². The van der Waals surface area contributed by atoms with Gasteiger partial charge < -0.3 is 4.74 Å². The summed E-state index contributed by atoms with van der Waals surface area (Å²) >= 11 is 0. The summed E-state index contributed by atoms with van der Waals surface area (Å²) in [7, 11) is 5.58. The normalized spacial score (nSPS) is 13.0. The van der Waals surface area contributed by atoms with E-state index in [-0.39, 0.29) is 0 Å². The van der Waals surface area contributed by atoms with E-state index < -0.39 is 22.6 Å². The lowest BCUT2D eigenvalue weighted by Gasteiger charge is -2.28. The molecule has 0 spiro atoms. The molecule has 1 aromatic rings. The molecule has 7 nitrogen and oxygen atoms in total. The largest absolute Gasteiger partial charge is 0.439 e. The molecule has 1 rings (SSSR count). The average Bonchev–Trinajstić information content (AvgIpc) is 2.45. The van der Waals surface area contributed by atoms with E-state index in [4.69, 9.17) is 10.1 Å². The summed E-state index contributed by atoms with van der Waals surface area (Å²) in [6.45, 7) is 0. The van der Waals surface area contributed by atoms with Gasteiger partial charge in [-0.25, -0.2) is 15.0 Å². The summed E-state index contributed by atoms with van der Waals surface area (Å²) in [5.41, 5.74) is 0.539. The third-order valence-electron chi connectivity index (χ3n) is 2.80. The third kappa shape index (κ3) is 2.94. The molecule has 0 radical (unpaired) electrons. The smallest absolute Gasteiger partial charge is 0.439 e. The van der Waals surface area contributed by atoms with Crippen LogP contribution in [0.2, 0.25) is 0 Å². The number of benzene rings is 1. The number of urea groups is 2. The van der Waals surface area contributed by atoms with Crippen LogP contribution in [0, 0.1) is 5.41 Å². The number of carbonyl (C=O) groups excluding carboxylic acids is 2. The number of hydrogen-bond donors (Lipinski definition) is 2. The highest BCUT2D eigenvalue weighted by atomic mass is 16.5. The summed E-state index contributed by atoms with van der Waals surface area (Å²) in [4.78, 5) is 25.8. The van der Waals surface area contributed by atoms with Gasteiger partial charge in [0.25, 0.3) is 0 Å². The molecule has 0 fully saturated rings. The van der Waals surface area contributed by atoms with Crippen LogP contribution in [0.25, 0.3) is 0 Å². The first-order valence-electron chi connectivity index (χ1n) is 5.92. The number of methoxy groups -OCH3 is 1. The Balaban J connectivity index is 3.09. The molecule has 0 aromatic heterocycles. The lowest BCUT2D eigenvalue weighted by molar-refractivity contribution is -0.659. The van der Waals surface area contributed by atoms with Crippen molar-refractivity contribution >= 4 is 23.8 Å². The van der Waals surface area contributed by atoms with Gasteiger partial charge in [-0.3, -0.25) is 10.2 Å². The summed E-state index contributed by atoms with van der Waals surface area (Å²) in [6, 6.07) is 7.01. The highest BCUT2D eigenvalue weighted by Crippen LogP contribution is 2.14. The lowest BCUT2D eigenvalue weighted by atomic mass is 10.3. The van der Waals surface area contributed by atoms with Crippen LogP contribution in [0.3, 0.4) is 0 Å². The Hall–Kier alpha value is -2.41. The van der Waals surface area contributed by atoms with E-state index >= 15 is 0 Å². The Kier molecular flexibility index (Phi) is 4.82. The fourth-order valence-electron chi connectivity index (χ4n) is 1.61. The van der Waals surface area contributed by atoms with Crippen molar-refractivity contribution in [1.29, 1.82) is 5.41 Å². The van der Waals surface area contributed by atoms with E-state index in [1.54, 1.807) is 24.3 Å². The topological polar surface area (TPSA) is 82.5 Å². The highest BCUT2D eigenvalue weighted by molar-refractivity contribution is 6.00. The van der Waals surface area contributed by atoms with Crippen LogP contribution in [0.15, 0.2) is 30.3 Å². The Labute approximate surface area is 117 Å². The lowest BCUT2D eigenvalue weighted by Crippen LogP contribution is -2.62. The van der Waals surface area contributed by atoms with Crippen LogP contribution in [-0.2, 0) is 4.74 Å². The van der Waals surface area contributed by atoms with Crippen molar-refractivity contribution in [2.75, 3.05) is 33.6 Å². The number of para-hydroxylation sites is 1. The van der Waals surface area contributed by atoms with Gasteiger partial charge in [-0.1, -0.05) is 22.7 Å². The number of imide groups is 1. The van der Waals surface area contributed by atoms with Gasteiger partial charge in [0.2, 0.25) is 0 Å². The average molecular weight is 279 g/mol. The zero-order chi connectivity index (χ0) is 15.3. The Morgan fingerprint density at radius 3 is 2.25 bits per heavy atom. The maximum absolute atomic E-state index is 12.4. The quantitative estimate of drug-likeness (QED) is 0.468. The van der Waals surface area contributed by atoms with Gasteiger partial charge in [-0.2, -0.15) is 0 Å². The predicted molar refractivity (Wildman–Crippen MR) is 75.5 cm³/mol. The van der Waals surface area contributed by atoms with Crippen molar-refractivity contribution in [3.63, 3.8) is 0 Å². The Bertz CT molecular complexity index is 516. The molecule has 0 saturated carbocycles. The van der Waals surface area contributed by atoms with Gasteiger partial charge in [0.15, 0.2) is 0 Å². The predicted octanol–water partition coefficient (Wildman–Crippen LogP) is 1.93. The molecule has 1 aromatic carbocycles. The second-order valence-electron chi connectivity index (χ2n) is 4.49. The molecule has 7 heteroatoms. The number of nitrogens with one attached hydrogen (secondary N) is 2. The summed E-state index contributed by atoms with van der Waals surface area (Å²) in [5, 5.41) is 10.4. The fraction of sp³-hybridized carbons (Fsp3) is 0.308. The minimum atomic E-state index is -0.932. The van der Waals surface area contributed by atoms with E-state index in [9.17, 15) is 9.59 Å². The number of rotatable bonds is 1. The monoisotopic (exact) mass is 279 g/mol. The molecule has 1 atom stereocenters. The summed E-state index contributed by atoms with van der Waals surface area (Å²) in [6.07, 6.45) is 0. The zero-order valence-corrected chi connectivity index (χ0v) is 12.0. The molecule has 20 heavy (non-hydrogen) atoms. The molecular weight excluding hydrogens is 260 g/mol. The van der Waals surface area contributed by atoms with Crippen LogP contribution in [-0.4, -0.2) is 55.7 Å². The zero-order valence-electron chi connectivity index (χ0n) is 12.0. The van der Waals surface area contributed by atoms with Gasteiger partial charge in [-0.15, -0.1) is 0 Å². The molecule has 0 aliphatic heterocycles. The number of amides is 4. The maximum Gasteiger partial charge on any atom is 0.439 e. The van der Waals surface area contributed by atoms with Gasteiger partial charge in [-0.05, 0) is 12.1 Å². The second kappa shape index (κ2) is 6.16. The first-order chi connectivity index (χ1) is 9.33. The van der Waals surface area contributed by atoms with E-state index in [1.165, 1.54) is 33.2 Å². The van der Waals surface area contributed by atoms with Crippen LogP contribution in [0.5, 0.6) is 0 Å². The Morgan fingerprint density at radius 2 is 1.80 bits per heavy atom. The van der Waals surface area contributed by atoms with Crippen molar-refractivity contribution in [3.8, 4) is 0 Å². The Morgan fingerprint density at radius 1 is 1.25 bits per heavy atom. The van der Waals surface area contributed by atoms with E-state index in [0.717, 1.165) is 0 Å². The number of amidine groups is 1. The number of anilines is 1. The number of quaternary nitrogens is 1. The summed E-state index contributed by atoms with van der Waals surface area (Å²) in [5.74, 6) is 0. The maximum atomic E-state index is 12.4. The van der Waals surface area contributed by atoms with Crippen LogP contribution in [0.1, 0.15) is 0 Å². The van der Waals surface area contributed by atoms with Crippen molar-refractivity contribution in [2.45, 2.75) is 0 Å². The minimum Gasteiger partial charge on any atom is -0.439 e. The van der Waals surface area contributed by atoms with Crippen LogP contribution in [0.4, 0.5) is 15.3 Å². The van der Waals surface area contributed by atoms with E-state index in [1.807, 2.05) is 6.07 Å². The van der Waals surface area contributed by atoms with Gasteiger partial charge in [0, 0.05) is 19.8 Å². The van der Waals surface area contributed by atoms with Crippen molar-refractivity contribution in [1.82, 2.24) is 4.90 Å². The standard InChI is InChI=1S/C13H18N4O3/c1-16(2)13(19)17(3,11(14)20-4)12(18)15-10-8-6-5-7-9-10/h5-9,14H,1-4H3/p+1. The number of hydrogen-bond acceptors (Lipinski definition) is 4. The first-order valence-corrected chi connectivity index (χ1v) is 5.92. The van der Waals surface area contributed by atoms with Gasteiger partial charge in [0.05, 0.1) is 14.2 Å². The van der Waals surface area contributed by atoms with E-state index in [0.29, 0.717) is 5.69 Å². The second-order valence-corrected chi connectivity index (χ2v) is 4.49. The molecule has 0 aliphatic rings. The summed E-state index contributed by atoms with van der Waals surface area (Å²) < 4.78 is 3.86. The first kappa shape index (κ1) is 15.6. The van der Waals surface area contributed by atoms with Crippen LogP contribution < -0.4 is 5.32 Å². The number of nitrogens with zero attached hydrogens (tertiary/aromatic N) is 2. The third-order valence-corrected chi connectivity index (χ3v) is 2.80. The van der Waals surface area contributed by atoms with Crippen molar-refractivity contribution in [2.24, 2.45) is 0 Å². The van der Waals surface area contributed by atoms with Crippen LogP contribution >= 0.6 is 0 Å². The molecule has 2 N–H and O–H groups in total. The molecule has 0 heterocycles. The van der Waals surface area contributed by atoms with Crippen molar-refractivity contribution in [3.05, 3.63) is 30.3 Å². The van der Waals surface area contributed by atoms with Gasteiger partial charge in [0.1, 0.15) is 0 Å². The molecule has 4 amide bonds. The molecule has 0 aliphatic carbocycles. The van der Waals surface area contributed by atoms with Gasteiger partial charge >= 0.3 is 18.1 Å². The number of carbonyl (C=O) groups is 2. The molecule has 0 bridgehead atoms.